The Morgan fingerprint density at radius 1 is 0.725 bits per heavy atom. The summed E-state index contributed by atoms with van der Waals surface area (Å²) in [5.41, 5.74) is 6.87. The number of carboxylic acids is 1. The minimum Gasteiger partial charge on any atom is -0.481 e. The van der Waals surface area contributed by atoms with Crippen molar-refractivity contribution < 1.29 is 23.5 Å². The number of aryl methyl sites for hydroxylation is 2. The van der Waals surface area contributed by atoms with Gasteiger partial charge in [0, 0.05) is 24.6 Å². The second-order valence-corrected chi connectivity index (χ2v) is 11.6. The first-order valence-corrected chi connectivity index (χ1v) is 14.5. The number of hydrogen-bond acceptors (Lipinski definition) is 3. The predicted octanol–water partition coefficient (Wildman–Crippen LogP) is 7.95. The van der Waals surface area contributed by atoms with Gasteiger partial charge in [0.25, 0.3) is 0 Å². The monoisotopic (exact) mass is 545 g/mol. The average Bonchev–Trinajstić information content (AvgIpc) is 3.15. The Hall–Kier alpha value is -3.54. The zero-order valence-corrected chi connectivity index (χ0v) is 22.8. The fourth-order valence-corrected chi connectivity index (χ4v) is 6.45. The van der Waals surface area contributed by atoms with Crippen molar-refractivity contribution in [3.8, 4) is 11.1 Å². The summed E-state index contributed by atoms with van der Waals surface area (Å²) in [5.74, 6) is -1.30. The summed E-state index contributed by atoms with van der Waals surface area (Å²) in [5, 5.41) is 12.0. The molecule has 1 atom stereocenters. The van der Waals surface area contributed by atoms with Gasteiger partial charge in [-0.25, -0.2) is 8.78 Å². The largest absolute Gasteiger partial charge is 0.481 e. The summed E-state index contributed by atoms with van der Waals surface area (Å²) in [6, 6.07) is 19.2. The molecule has 2 aliphatic carbocycles. The zero-order valence-electron chi connectivity index (χ0n) is 22.8. The van der Waals surface area contributed by atoms with Gasteiger partial charge in [0.05, 0.1) is 6.54 Å². The molecular formula is C34H37F2NO3. The number of anilines is 1. The molecule has 40 heavy (non-hydrogen) atoms. The first kappa shape index (κ1) is 28.0. The van der Waals surface area contributed by atoms with Crippen molar-refractivity contribution in [2.24, 2.45) is 11.8 Å². The second kappa shape index (κ2) is 12.8. The van der Waals surface area contributed by atoms with Gasteiger partial charge in [0.1, 0.15) is 0 Å². The first-order valence-electron chi connectivity index (χ1n) is 14.5. The molecule has 4 nitrogen and oxygen atoms in total. The smallest absolute Gasteiger partial charge is 0.303 e. The summed E-state index contributed by atoms with van der Waals surface area (Å²) < 4.78 is 26.5. The van der Waals surface area contributed by atoms with Gasteiger partial charge in [-0.15, -0.1) is 0 Å². The number of benzene rings is 3. The van der Waals surface area contributed by atoms with Crippen LogP contribution < -0.4 is 5.32 Å². The summed E-state index contributed by atoms with van der Waals surface area (Å²) in [6.45, 7) is 0.110. The second-order valence-electron chi connectivity index (χ2n) is 11.6. The fourth-order valence-electron chi connectivity index (χ4n) is 6.45. The molecule has 0 heterocycles. The van der Waals surface area contributed by atoms with Crippen LogP contribution in [0.1, 0.15) is 74.0 Å². The molecule has 3 aromatic rings. The molecule has 0 aliphatic heterocycles. The summed E-state index contributed by atoms with van der Waals surface area (Å²) in [7, 11) is 0. The van der Waals surface area contributed by atoms with Crippen molar-refractivity contribution in [3.05, 3.63) is 89.0 Å². The van der Waals surface area contributed by atoms with Crippen LogP contribution >= 0.6 is 0 Å². The fraction of sp³-hybridized carbons (Fsp3) is 0.412. The minimum absolute atomic E-state index is 0.0804. The van der Waals surface area contributed by atoms with Crippen LogP contribution in [0.15, 0.2) is 60.7 Å². The number of rotatable bonds is 9. The van der Waals surface area contributed by atoms with E-state index in [0.717, 1.165) is 63.5 Å². The number of carbonyl (C=O) groups excluding carboxylic acids is 1. The Kier molecular flexibility index (Phi) is 8.93. The molecular weight excluding hydrogens is 508 g/mol. The van der Waals surface area contributed by atoms with Gasteiger partial charge in [0.15, 0.2) is 17.4 Å². The van der Waals surface area contributed by atoms with Crippen LogP contribution in [0.4, 0.5) is 14.5 Å². The molecule has 1 fully saturated rings. The van der Waals surface area contributed by atoms with E-state index in [-0.39, 0.29) is 18.7 Å². The molecule has 0 saturated heterocycles. The number of aliphatic carboxylic acids is 1. The molecule has 0 aromatic heterocycles. The number of fused-ring (bicyclic) bond motifs is 1. The number of Topliss-reactive ketones (excluding diaryl/α,β-unsaturated/α-hetero) is 1. The van der Waals surface area contributed by atoms with Crippen molar-refractivity contribution in [2.75, 3.05) is 11.9 Å². The molecule has 5 rings (SSSR count). The van der Waals surface area contributed by atoms with Gasteiger partial charge in [-0.05, 0) is 109 Å². The van der Waals surface area contributed by atoms with Crippen molar-refractivity contribution >= 4 is 17.4 Å². The van der Waals surface area contributed by atoms with Gasteiger partial charge in [0.2, 0.25) is 0 Å². The number of halogens is 2. The van der Waals surface area contributed by atoms with Crippen LogP contribution in [-0.2, 0) is 22.4 Å². The molecule has 1 unspecified atom stereocenters. The van der Waals surface area contributed by atoms with Crippen LogP contribution in [0.3, 0.4) is 0 Å². The highest BCUT2D eigenvalue weighted by molar-refractivity contribution is 5.83. The van der Waals surface area contributed by atoms with Gasteiger partial charge in [-0.3, -0.25) is 9.59 Å². The third-order valence-electron chi connectivity index (χ3n) is 8.80. The maximum atomic E-state index is 13.4. The Bertz CT molecular complexity index is 1350. The molecule has 0 bridgehead atoms. The molecule has 1 saturated carbocycles. The minimum atomic E-state index is -0.925. The van der Waals surface area contributed by atoms with E-state index in [1.54, 1.807) is 0 Å². The quantitative estimate of drug-likeness (QED) is 0.268. The third-order valence-corrected chi connectivity index (χ3v) is 8.80. The standard InChI is InChI=1S/C34H37F2NO3/c35-32-16-15-30(20-33(32)36)37-21-31(38)17-22-1-7-26-13-14-29(19-28(26)8-4-22)27-11-9-25(10-12-27)24-5-2-23(3-6-24)18-34(39)40/h9-16,19-20,22-24,37H,1-8,17-18,21H2,(H,39,40). The third kappa shape index (κ3) is 7.15. The number of hydrogen-bond donors (Lipinski definition) is 2. The molecule has 210 valence electrons. The van der Waals surface area contributed by atoms with Crippen LogP contribution in [0.5, 0.6) is 0 Å². The van der Waals surface area contributed by atoms with Crippen molar-refractivity contribution in [3.63, 3.8) is 0 Å². The number of carboxylic acid groups (broad SMARTS) is 1. The lowest BCUT2D eigenvalue weighted by molar-refractivity contribution is -0.138. The predicted molar refractivity (Wildman–Crippen MR) is 153 cm³/mol. The summed E-state index contributed by atoms with van der Waals surface area (Å²) in [4.78, 5) is 23.6. The van der Waals surface area contributed by atoms with Crippen molar-refractivity contribution in [1.82, 2.24) is 0 Å². The lowest BCUT2D eigenvalue weighted by atomic mass is 9.77. The Labute approximate surface area is 234 Å². The van der Waals surface area contributed by atoms with Crippen LogP contribution in [-0.4, -0.2) is 23.4 Å². The summed E-state index contributed by atoms with van der Waals surface area (Å²) in [6.07, 6.45) is 8.67. The van der Waals surface area contributed by atoms with E-state index in [0.29, 0.717) is 29.9 Å². The van der Waals surface area contributed by atoms with E-state index in [4.69, 9.17) is 5.11 Å². The Balaban J connectivity index is 1.14. The summed E-state index contributed by atoms with van der Waals surface area (Å²) >= 11 is 0. The first-order chi connectivity index (χ1) is 19.3. The Morgan fingerprint density at radius 2 is 1.40 bits per heavy atom. The van der Waals surface area contributed by atoms with Crippen LogP contribution in [0.2, 0.25) is 0 Å². The highest BCUT2D eigenvalue weighted by atomic mass is 19.2. The zero-order chi connectivity index (χ0) is 28.1. The van der Waals surface area contributed by atoms with Gasteiger partial charge >= 0.3 is 5.97 Å². The van der Waals surface area contributed by atoms with Crippen LogP contribution in [0.25, 0.3) is 11.1 Å². The molecule has 3 aromatic carbocycles. The molecule has 0 amide bonds. The SMILES string of the molecule is O=C(O)CC1CCC(c2ccc(-c3ccc4c(c3)CCC(CC(=O)CNc3ccc(F)c(F)c3)CC4)cc2)CC1. The van der Waals surface area contributed by atoms with Gasteiger partial charge < -0.3 is 10.4 Å². The normalized spacial score (nSPS) is 20.8. The van der Waals surface area contributed by atoms with E-state index in [1.807, 2.05) is 0 Å². The number of carbonyl (C=O) groups is 2. The lowest BCUT2D eigenvalue weighted by Gasteiger charge is -2.28. The van der Waals surface area contributed by atoms with E-state index < -0.39 is 17.6 Å². The lowest BCUT2D eigenvalue weighted by Crippen LogP contribution is -2.18. The molecule has 0 spiro atoms. The van der Waals surface area contributed by atoms with E-state index >= 15 is 0 Å². The van der Waals surface area contributed by atoms with Crippen LogP contribution in [0, 0.1) is 23.5 Å². The number of nitrogens with one attached hydrogen (secondary N) is 1. The molecule has 2 aliphatic rings. The average molecular weight is 546 g/mol. The highest BCUT2D eigenvalue weighted by Gasteiger charge is 2.24. The van der Waals surface area contributed by atoms with Crippen molar-refractivity contribution in [1.29, 1.82) is 0 Å². The molecule has 2 N–H and O–H groups in total. The maximum absolute atomic E-state index is 13.4. The van der Waals surface area contributed by atoms with Gasteiger partial charge in [-0.1, -0.05) is 42.5 Å². The Morgan fingerprint density at radius 3 is 2.10 bits per heavy atom. The highest BCUT2D eigenvalue weighted by Crippen LogP contribution is 2.38. The van der Waals surface area contributed by atoms with Gasteiger partial charge in [-0.2, -0.15) is 0 Å². The van der Waals surface area contributed by atoms with E-state index in [9.17, 15) is 18.4 Å². The maximum Gasteiger partial charge on any atom is 0.303 e. The molecule has 6 heteroatoms. The number of ketones is 1. The topological polar surface area (TPSA) is 66.4 Å². The van der Waals surface area contributed by atoms with E-state index in [2.05, 4.69) is 47.8 Å². The molecule has 0 radical (unpaired) electrons. The van der Waals surface area contributed by atoms with Crippen molar-refractivity contribution in [2.45, 2.75) is 70.1 Å². The van der Waals surface area contributed by atoms with E-state index in [1.165, 1.54) is 33.9 Å².